The minimum atomic E-state index is -4.84. The lowest BCUT2D eigenvalue weighted by atomic mass is 9.94. The average Bonchev–Trinajstić information content (AvgIpc) is 3.35. The van der Waals surface area contributed by atoms with E-state index in [1.165, 1.54) is 12.5 Å². The smallest absolute Gasteiger partial charge is 0.300 e. The number of likely N-dealkylation sites (N-methyl/N-ethyl adjacent to an activating group) is 1. The van der Waals surface area contributed by atoms with E-state index in [9.17, 15) is 26.3 Å². The Balaban J connectivity index is 0.00000161. The summed E-state index contributed by atoms with van der Waals surface area (Å²) in [5.74, 6) is -5.37. The van der Waals surface area contributed by atoms with Gasteiger partial charge in [0.25, 0.3) is 0 Å². The van der Waals surface area contributed by atoms with Gasteiger partial charge >= 0.3 is 12.4 Å². The number of hydrogen-bond acceptors (Lipinski definition) is 2. The first-order valence-corrected chi connectivity index (χ1v) is 13.3. The van der Waals surface area contributed by atoms with Gasteiger partial charge in [-0.2, -0.15) is 31.6 Å². The van der Waals surface area contributed by atoms with Crippen LogP contribution in [0.1, 0.15) is 69.1 Å². The van der Waals surface area contributed by atoms with Gasteiger partial charge in [-0.05, 0) is 67.7 Å². The van der Waals surface area contributed by atoms with Crippen LogP contribution in [-0.2, 0) is 12.8 Å². The molecule has 3 rings (SSSR count). The first kappa shape index (κ1) is 31.7. The van der Waals surface area contributed by atoms with Gasteiger partial charge in [-0.25, -0.2) is 0 Å². The molecule has 0 amide bonds. The zero-order valence-corrected chi connectivity index (χ0v) is 22.3. The molecular formula is C30H38F6N2. The number of aryl methyl sites for hydroxylation is 1. The molecule has 2 nitrogen and oxygen atoms in total. The van der Waals surface area contributed by atoms with Crippen LogP contribution in [0.2, 0.25) is 0 Å². The lowest BCUT2D eigenvalue weighted by Gasteiger charge is -2.30. The first-order valence-electron chi connectivity index (χ1n) is 13.3. The van der Waals surface area contributed by atoms with Crippen LogP contribution < -0.4 is 0 Å². The predicted octanol–water partition coefficient (Wildman–Crippen LogP) is 8.73. The highest BCUT2D eigenvalue weighted by Crippen LogP contribution is 2.54. The number of alkyl halides is 6. The molecule has 3 atom stereocenters. The molecule has 2 aromatic rings. The second-order valence-electron chi connectivity index (χ2n) is 9.89. The van der Waals surface area contributed by atoms with Gasteiger partial charge in [0.05, 0.1) is 17.9 Å². The second kappa shape index (κ2) is 14.6. The molecule has 8 heteroatoms. The van der Waals surface area contributed by atoms with Crippen LogP contribution in [0.5, 0.6) is 0 Å². The van der Waals surface area contributed by atoms with E-state index >= 15 is 0 Å². The van der Waals surface area contributed by atoms with Gasteiger partial charge in [-0.15, -0.1) is 0 Å². The van der Waals surface area contributed by atoms with E-state index in [0.29, 0.717) is 11.6 Å². The van der Waals surface area contributed by atoms with E-state index < -0.39 is 42.9 Å². The van der Waals surface area contributed by atoms with Crippen molar-refractivity contribution in [3.8, 4) is 6.07 Å². The van der Waals surface area contributed by atoms with Gasteiger partial charge < -0.3 is 4.90 Å². The molecule has 210 valence electrons. The lowest BCUT2D eigenvalue weighted by Crippen LogP contribution is -2.36. The third-order valence-corrected chi connectivity index (χ3v) is 7.55. The van der Waals surface area contributed by atoms with Crippen molar-refractivity contribution in [2.75, 3.05) is 13.1 Å². The van der Waals surface area contributed by atoms with Crippen LogP contribution in [0.15, 0.2) is 54.6 Å². The normalized spacial score (nSPS) is 20.5. The molecule has 1 saturated carbocycles. The van der Waals surface area contributed by atoms with Crippen molar-refractivity contribution >= 4 is 0 Å². The Morgan fingerprint density at radius 3 is 1.79 bits per heavy atom. The third-order valence-electron chi connectivity index (χ3n) is 7.55. The van der Waals surface area contributed by atoms with E-state index in [1.807, 2.05) is 30.3 Å². The molecule has 0 aliphatic heterocycles. The van der Waals surface area contributed by atoms with Crippen LogP contribution in [0.4, 0.5) is 26.3 Å². The number of rotatable bonds is 10. The topological polar surface area (TPSA) is 27.0 Å². The van der Waals surface area contributed by atoms with E-state index in [4.69, 9.17) is 5.26 Å². The summed E-state index contributed by atoms with van der Waals surface area (Å²) in [7, 11) is 0. The molecule has 0 bridgehead atoms. The fourth-order valence-corrected chi connectivity index (χ4v) is 5.48. The number of nitrogens with zero attached hydrogens (tertiary/aromatic N) is 2. The molecule has 2 aromatic carbocycles. The first-order chi connectivity index (χ1) is 17.9. The molecule has 0 spiro atoms. The maximum absolute atomic E-state index is 13.2. The fourth-order valence-electron chi connectivity index (χ4n) is 5.48. The zero-order chi connectivity index (χ0) is 28.3. The Labute approximate surface area is 222 Å². The standard InChI is InChI=1S/C28H35F6N.C2H3N/c1-3-24(35(4-2)17-16-20-8-6-5-7-9-20)15-12-21-10-13-22(14-11-21)23-18-25(27(29,30)31)26(19-23)28(32,33)34;1-2-3/h5-11,13-14,23-26H,3-4,12,15-19H2,1-2H3;1H3. The van der Waals surface area contributed by atoms with Crippen molar-refractivity contribution in [2.24, 2.45) is 11.8 Å². The average molecular weight is 541 g/mol. The molecule has 1 aliphatic carbocycles. The third kappa shape index (κ3) is 9.34. The van der Waals surface area contributed by atoms with Gasteiger partial charge in [0.15, 0.2) is 0 Å². The van der Waals surface area contributed by atoms with Crippen LogP contribution in [-0.4, -0.2) is 36.4 Å². The highest BCUT2D eigenvalue weighted by atomic mass is 19.4. The SMILES string of the molecule is CC#N.CCC(CCc1ccc(C2CC(C(F)(F)F)C(C(F)(F)F)C2)cc1)N(CC)CCc1ccccc1. The summed E-state index contributed by atoms with van der Waals surface area (Å²) in [6, 6.07) is 19.7. The Kier molecular flexibility index (Phi) is 12.2. The summed E-state index contributed by atoms with van der Waals surface area (Å²) in [5, 5.41) is 7.32. The molecule has 0 N–H and O–H groups in total. The lowest BCUT2D eigenvalue weighted by molar-refractivity contribution is -0.245. The van der Waals surface area contributed by atoms with Crippen molar-refractivity contribution in [1.82, 2.24) is 4.90 Å². The number of halogens is 6. The maximum Gasteiger partial charge on any atom is 0.392 e. The van der Waals surface area contributed by atoms with E-state index in [1.54, 1.807) is 18.2 Å². The van der Waals surface area contributed by atoms with Gasteiger partial charge in [0, 0.05) is 19.5 Å². The van der Waals surface area contributed by atoms with Crippen molar-refractivity contribution < 1.29 is 26.3 Å². The predicted molar refractivity (Wildman–Crippen MR) is 139 cm³/mol. The summed E-state index contributed by atoms with van der Waals surface area (Å²) >= 11 is 0. The van der Waals surface area contributed by atoms with E-state index in [-0.39, 0.29) is 0 Å². The summed E-state index contributed by atoms with van der Waals surface area (Å²) < 4.78 is 79.5. The zero-order valence-electron chi connectivity index (χ0n) is 22.3. The molecule has 0 heterocycles. The van der Waals surface area contributed by atoms with Crippen molar-refractivity contribution in [2.45, 2.75) is 83.6 Å². The van der Waals surface area contributed by atoms with E-state index in [0.717, 1.165) is 44.3 Å². The fraction of sp³-hybridized carbons (Fsp3) is 0.567. The highest BCUT2D eigenvalue weighted by molar-refractivity contribution is 5.27. The van der Waals surface area contributed by atoms with Crippen molar-refractivity contribution in [3.05, 3.63) is 71.3 Å². The van der Waals surface area contributed by atoms with Crippen molar-refractivity contribution in [1.29, 1.82) is 5.26 Å². The van der Waals surface area contributed by atoms with Gasteiger partial charge in [-0.3, -0.25) is 0 Å². The molecule has 0 radical (unpaired) electrons. The minimum absolute atomic E-state index is 0.415. The summed E-state index contributed by atoms with van der Waals surface area (Å²) in [6.07, 6.45) is -6.91. The van der Waals surface area contributed by atoms with Gasteiger partial charge in [0.2, 0.25) is 0 Å². The van der Waals surface area contributed by atoms with Gasteiger partial charge in [0.1, 0.15) is 0 Å². The van der Waals surface area contributed by atoms with E-state index in [2.05, 4.69) is 30.9 Å². The monoisotopic (exact) mass is 540 g/mol. The molecule has 1 aliphatic rings. The Bertz CT molecular complexity index is 957. The molecule has 1 fully saturated rings. The summed E-state index contributed by atoms with van der Waals surface area (Å²) in [5.41, 5.74) is 2.94. The number of hydrogen-bond donors (Lipinski definition) is 0. The molecular weight excluding hydrogens is 502 g/mol. The number of nitriles is 1. The Morgan fingerprint density at radius 2 is 1.34 bits per heavy atom. The molecule has 38 heavy (non-hydrogen) atoms. The minimum Gasteiger partial charge on any atom is -0.300 e. The summed E-state index contributed by atoms with van der Waals surface area (Å²) in [6.45, 7) is 7.69. The van der Waals surface area contributed by atoms with Crippen LogP contribution in [0, 0.1) is 23.2 Å². The van der Waals surface area contributed by atoms with Crippen LogP contribution in [0.3, 0.4) is 0 Å². The van der Waals surface area contributed by atoms with Crippen LogP contribution >= 0.6 is 0 Å². The largest absolute Gasteiger partial charge is 0.392 e. The maximum atomic E-state index is 13.2. The summed E-state index contributed by atoms with van der Waals surface area (Å²) in [4.78, 5) is 2.48. The quantitative estimate of drug-likeness (QED) is 0.282. The number of benzene rings is 2. The van der Waals surface area contributed by atoms with Crippen molar-refractivity contribution in [3.63, 3.8) is 0 Å². The van der Waals surface area contributed by atoms with Crippen LogP contribution in [0.25, 0.3) is 0 Å². The molecule has 3 unspecified atom stereocenters. The molecule has 0 aromatic heterocycles. The molecule has 0 saturated heterocycles. The Hall–Kier alpha value is -2.53. The Morgan fingerprint density at radius 1 is 0.842 bits per heavy atom. The second-order valence-corrected chi connectivity index (χ2v) is 9.89. The highest BCUT2D eigenvalue weighted by Gasteiger charge is 2.59. The van der Waals surface area contributed by atoms with Gasteiger partial charge in [-0.1, -0.05) is 68.4 Å².